The van der Waals surface area contributed by atoms with Crippen LogP contribution in [0.15, 0.2) is 24.8 Å². The minimum Gasteiger partial charge on any atom is -0.103 e. The van der Waals surface area contributed by atoms with Gasteiger partial charge in [0.1, 0.15) is 0 Å². The van der Waals surface area contributed by atoms with Crippen LogP contribution in [0.4, 0.5) is 0 Å². The summed E-state index contributed by atoms with van der Waals surface area (Å²) in [7, 11) is 0. The van der Waals surface area contributed by atoms with E-state index in [2.05, 4.69) is 20.1 Å². The van der Waals surface area contributed by atoms with Gasteiger partial charge >= 0.3 is 0 Å². The lowest BCUT2D eigenvalue weighted by atomic mass is 10.4. The minimum absolute atomic E-state index is 0.898. The van der Waals surface area contributed by atoms with E-state index in [1.165, 1.54) is 44.1 Å². The van der Waals surface area contributed by atoms with Crippen molar-refractivity contribution in [2.45, 2.75) is 45.4 Å². The summed E-state index contributed by atoms with van der Waals surface area (Å²) in [5.74, 6) is 1.98. The van der Waals surface area contributed by atoms with E-state index in [1.54, 1.807) is 0 Å². The molecule has 74 valence electrons. The molecule has 3 aliphatic carbocycles. The van der Waals surface area contributed by atoms with Crippen LogP contribution in [-0.4, -0.2) is 0 Å². The Morgan fingerprint density at radius 1 is 1.15 bits per heavy atom. The summed E-state index contributed by atoms with van der Waals surface area (Å²) in [4.78, 5) is 0. The zero-order valence-corrected chi connectivity index (χ0v) is 8.89. The molecule has 0 saturated heterocycles. The predicted octanol–water partition coefficient (Wildman–Crippen LogP) is 4.34. The quantitative estimate of drug-likeness (QED) is 0.524. The first-order valence-electron chi connectivity index (χ1n) is 5.51. The largest absolute Gasteiger partial charge is 0.103 e. The molecule has 0 atom stereocenters. The fourth-order valence-corrected chi connectivity index (χ4v) is 0.587. The summed E-state index contributed by atoms with van der Waals surface area (Å²) >= 11 is 0. The zero-order valence-electron chi connectivity index (χ0n) is 8.89. The van der Waals surface area contributed by atoms with Crippen molar-refractivity contribution in [2.24, 2.45) is 11.8 Å². The van der Waals surface area contributed by atoms with E-state index in [-0.39, 0.29) is 0 Å². The van der Waals surface area contributed by atoms with Gasteiger partial charge in [-0.1, -0.05) is 38.0 Å². The van der Waals surface area contributed by atoms with Crippen molar-refractivity contribution in [2.75, 3.05) is 0 Å². The van der Waals surface area contributed by atoms with Gasteiger partial charge in [-0.3, -0.25) is 0 Å². The summed E-state index contributed by atoms with van der Waals surface area (Å²) in [5, 5.41) is 0. The van der Waals surface area contributed by atoms with E-state index in [0.717, 1.165) is 11.8 Å². The second kappa shape index (κ2) is 5.26. The molecule has 3 saturated carbocycles. The molecule has 0 aromatic rings. The van der Waals surface area contributed by atoms with Crippen LogP contribution < -0.4 is 0 Å². The van der Waals surface area contributed by atoms with Gasteiger partial charge < -0.3 is 0 Å². The van der Waals surface area contributed by atoms with Gasteiger partial charge in [-0.2, -0.15) is 0 Å². The summed E-state index contributed by atoms with van der Waals surface area (Å²) in [6, 6.07) is 0. The van der Waals surface area contributed by atoms with E-state index < -0.39 is 0 Å². The van der Waals surface area contributed by atoms with Crippen LogP contribution in [0.5, 0.6) is 0 Å². The molecule has 0 aromatic heterocycles. The number of rotatable bonds is 1. The van der Waals surface area contributed by atoms with Crippen molar-refractivity contribution >= 4 is 0 Å². The molecule has 0 bridgehead atoms. The van der Waals surface area contributed by atoms with E-state index >= 15 is 0 Å². The lowest BCUT2D eigenvalue weighted by molar-refractivity contribution is 0.983. The van der Waals surface area contributed by atoms with Crippen LogP contribution >= 0.6 is 0 Å². The molecular formula is C13H22. The van der Waals surface area contributed by atoms with Crippen molar-refractivity contribution in [3.8, 4) is 0 Å². The summed E-state index contributed by atoms with van der Waals surface area (Å²) < 4.78 is 0. The molecule has 3 fully saturated rings. The van der Waals surface area contributed by atoms with Gasteiger partial charge in [0.25, 0.3) is 0 Å². The monoisotopic (exact) mass is 178 g/mol. The Hall–Kier alpha value is -0.520. The average molecular weight is 178 g/mol. The highest BCUT2D eigenvalue weighted by Crippen LogP contribution is 2.29. The van der Waals surface area contributed by atoms with E-state index in [9.17, 15) is 0 Å². The van der Waals surface area contributed by atoms with Crippen molar-refractivity contribution in [1.29, 1.82) is 0 Å². The Bertz CT molecular complexity index is 164. The Balaban J connectivity index is 0.0000000984. The fourth-order valence-electron chi connectivity index (χ4n) is 0.587. The predicted molar refractivity (Wildman–Crippen MR) is 59.7 cm³/mol. The first kappa shape index (κ1) is 10.6. The first-order chi connectivity index (χ1) is 6.22. The number of hydrogen-bond donors (Lipinski definition) is 0. The fraction of sp³-hybridized carbons (Fsp3) is 0.692. The second-order valence-corrected chi connectivity index (χ2v) is 4.51. The summed E-state index contributed by atoms with van der Waals surface area (Å²) in [6.45, 7) is 9.57. The van der Waals surface area contributed by atoms with E-state index in [1.807, 2.05) is 6.08 Å². The highest BCUT2D eigenvalue weighted by molar-refractivity contribution is 5.09. The Kier molecular flexibility index (Phi) is 4.27. The molecule has 3 aliphatic rings. The molecule has 0 spiro atoms. The standard InChI is InChI=1S/C5H8.C4H8.C4H6/c1-2-5-3-4-5;2*1-4-2-3-4/h2,5H,1,3-4H2;4H,2-3H2,1H3;1-3H2. The Morgan fingerprint density at radius 2 is 1.54 bits per heavy atom. The molecule has 13 heavy (non-hydrogen) atoms. The minimum atomic E-state index is 0.898. The molecular weight excluding hydrogens is 156 g/mol. The maximum absolute atomic E-state index is 3.67. The van der Waals surface area contributed by atoms with Crippen LogP contribution in [0.1, 0.15) is 45.4 Å². The van der Waals surface area contributed by atoms with E-state index in [0.29, 0.717) is 0 Å². The van der Waals surface area contributed by atoms with Crippen molar-refractivity contribution in [3.63, 3.8) is 0 Å². The van der Waals surface area contributed by atoms with Crippen LogP contribution in [0.2, 0.25) is 0 Å². The van der Waals surface area contributed by atoms with Gasteiger partial charge in [0.05, 0.1) is 0 Å². The van der Waals surface area contributed by atoms with Gasteiger partial charge in [-0.05, 0) is 37.5 Å². The molecule has 0 amide bonds. The van der Waals surface area contributed by atoms with Crippen molar-refractivity contribution in [3.05, 3.63) is 24.8 Å². The molecule has 0 nitrogen and oxygen atoms in total. The van der Waals surface area contributed by atoms with E-state index in [4.69, 9.17) is 0 Å². The lowest BCUT2D eigenvalue weighted by Crippen LogP contribution is -1.50. The van der Waals surface area contributed by atoms with Crippen LogP contribution in [-0.2, 0) is 0 Å². The molecule has 0 aromatic carbocycles. The highest BCUT2D eigenvalue weighted by atomic mass is 14.2. The van der Waals surface area contributed by atoms with Crippen LogP contribution in [0, 0.1) is 11.8 Å². The molecule has 0 unspecified atom stereocenters. The topological polar surface area (TPSA) is 0 Å². The third-order valence-electron chi connectivity index (χ3n) is 2.42. The van der Waals surface area contributed by atoms with Gasteiger partial charge in [-0.15, -0.1) is 6.58 Å². The van der Waals surface area contributed by atoms with Crippen molar-refractivity contribution in [1.82, 2.24) is 0 Å². The summed E-state index contributed by atoms with van der Waals surface area (Å²) in [5.41, 5.74) is 1.42. The maximum atomic E-state index is 3.67. The van der Waals surface area contributed by atoms with Gasteiger partial charge in [0, 0.05) is 0 Å². The molecule has 0 heteroatoms. The van der Waals surface area contributed by atoms with Gasteiger partial charge in [0.15, 0.2) is 0 Å². The molecule has 0 aliphatic heterocycles. The van der Waals surface area contributed by atoms with Gasteiger partial charge in [0.2, 0.25) is 0 Å². The van der Waals surface area contributed by atoms with Crippen LogP contribution in [0.25, 0.3) is 0 Å². The molecule has 0 N–H and O–H groups in total. The average Bonchev–Trinajstić information content (AvgIpc) is 2.94. The Morgan fingerprint density at radius 3 is 1.54 bits per heavy atom. The lowest BCUT2D eigenvalue weighted by Gasteiger charge is -1.63. The molecule has 0 heterocycles. The second-order valence-electron chi connectivity index (χ2n) is 4.51. The van der Waals surface area contributed by atoms with Crippen molar-refractivity contribution < 1.29 is 0 Å². The maximum Gasteiger partial charge on any atom is -0.0236 e. The SMILES string of the molecule is C=C1CC1.C=CC1CC1.CC1CC1. The third kappa shape index (κ3) is 9.39. The van der Waals surface area contributed by atoms with Gasteiger partial charge in [-0.25, -0.2) is 0 Å². The smallest absolute Gasteiger partial charge is 0.0236 e. The number of hydrogen-bond acceptors (Lipinski definition) is 0. The normalized spacial score (nSPS) is 23.3. The highest BCUT2D eigenvalue weighted by Gasteiger charge is 2.15. The Labute approximate surface area is 82.7 Å². The molecule has 3 rings (SSSR count). The molecule has 0 radical (unpaired) electrons. The summed E-state index contributed by atoms with van der Waals surface area (Å²) in [6.07, 6.45) is 10.4. The third-order valence-corrected chi connectivity index (χ3v) is 2.42. The first-order valence-corrected chi connectivity index (χ1v) is 5.51. The van der Waals surface area contributed by atoms with Crippen LogP contribution in [0.3, 0.4) is 0 Å². The number of allylic oxidation sites excluding steroid dienone is 2. The zero-order chi connectivity index (χ0) is 9.68.